The third kappa shape index (κ3) is 9.61. The van der Waals surface area contributed by atoms with Crippen LogP contribution in [0.5, 0.6) is 0 Å². The first-order valence-corrected chi connectivity index (χ1v) is 16.0. The van der Waals surface area contributed by atoms with Crippen molar-refractivity contribution in [3.8, 4) is 0 Å². The lowest BCUT2D eigenvalue weighted by Crippen LogP contribution is -2.51. The summed E-state index contributed by atoms with van der Waals surface area (Å²) in [5.41, 5.74) is 4.12. The Bertz CT molecular complexity index is 1440. The fourth-order valence-corrected chi connectivity index (χ4v) is 5.96. The van der Waals surface area contributed by atoms with Gasteiger partial charge in [0, 0.05) is 37.0 Å². The molecule has 1 atom stereocenters. The van der Waals surface area contributed by atoms with Crippen molar-refractivity contribution in [2.75, 3.05) is 17.1 Å². The van der Waals surface area contributed by atoms with E-state index in [1.165, 1.54) is 10.6 Å². The number of carbonyl (C=O) groups excluding carboxylic acids is 2. The molecule has 1 N–H and O–H groups in total. The molecule has 0 aliphatic rings. The molecule has 0 heterocycles. The van der Waals surface area contributed by atoms with Crippen LogP contribution in [0.1, 0.15) is 48.9 Å². The summed E-state index contributed by atoms with van der Waals surface area (Å²) >= 11 is 6.25. The predicted molar refractivity (Wildman–Crippen MR) is 167 cm³/mol. The summed E-state index contributed by atoms with van der Waals surface area (Å²) in [7, 11) is -3.58. The van der Waals surface area contributed by atoms with E-state index in [9.17, 15) is 18.0 Å². The summed E-state index contributed by atoms with van der Waals surface area (Å²) in [6.45, 7) is 7.87. The maximum absolute atomic E-state index is 13.9. The molecule has 220 valence electrons. The van der Waals surface area contributed by atoms with Gasteiger partial charge in [0.25, 0.3) is 0 Å². The van der Waals surface area contributed by atoms with Gasteiger partial charge in [-0.05, 0) is 74.6 Å². The van der Waals surface area contributed by atoms with Crippen molar-refractivity contribution in [2.24, 2.45) is 0 Å². The minimum atomic E-state index is -3.58. The number of hydrogen-bond donors (Lipinski definition) is 1. The molecule has 0 bridgehead atoms. The molecule has 0 unspecified atom stereocenters. The maximum Gasteiger partial charge on any atom is 0.243 e. The second-order valence-electron chi connectivity index (χ2n) is 10.7. The minimum Gasteiger partial charge on any atom is -0.352 e. The van der Waals surface area contributed by atoms with E-state index >= 15 is 0 Å². The molecule has 9 heteroatoms. The first kappa shape index (κ1) is 32.2. The molecule has 0 radical (unpaired) electrons. The highest BCUT2D eigenvalue weighted by atomic mass is 35.5. The first-order chi connectivity index (χ1) is 19.3. The summed E-state index contributed by atoms with van der Waals surface area (Å²) in [6.07, 6.45) is 1.87. The van der Waals surface area contributed by atoms with E-state index in [1.54, 1.807) is 17.0 Å². The monoisotopic (exact) mass is 597 g/mol. The molecule has 3 rings (SSSR count). The Labute approximate surface area is 249 Å². The third-order valence-corrected chi connectivity index (χ3v) is 8.14. The van der Waals surface area contributed by atoms with Crippen molar-refractivity contribution < 1.29 is 18.0 Å². The van der Waals surface area contributed by atoms with Gasteiger partial charge in [0.05, 0.1) is 11.9 Å². The Morgan fingerprint density at radius 1 is 0.927 bits per heavy atom. The Morgan fingerprint density at radius 3 is 2.24 bits per heavy atom. The van der Waals surface area contributed by atoms with Gasteiger partial charge in [-0.1, -0.05) is 66.2 Å². The fourth-order valence-electron chi connectivity index (χ4n) is 4.74. The predicted octanol–water partition coefficient (Wildman–Crippen LogP) is 5.67. The average Bonchev–Trinajstić information content (AvgIpc) is 2.89. The number of nitrogens with zero attached hydrogens (tertiary/aromatic N) is 2. The van der Waals surface area contributed by atoms with Crippen molar-refractivity contribution in [1.82, 2.24) is 10.2 Å². The Balaban J connectivity index is 1.90. The molecular formula is C32H40ClN3O4S. The van der Waals surface area contributed by atoms with E-state index in [-0.39, 0.29) is 43.8 Å². The summed E-state index contributed by atoms with van der Waals surface area (Å²) in [4.78, 5) is 29.0. The molecule has 7 nitrogen and oxygen atoms in total. The molecular weight excluding hydrogens is 558 g/mol. The Kier molecular flexibility index (Phi) is 11.4. The summed E-state index contributed by atoms with van der Waals surface area (Å²) in [5.74, 6) is -0.480. The topological polar surface area (TPSA) is 86.8 Å². The normalized spacial score (nSPS) is 12.2. The van der Waals surface area contributed by atoms with Crippen LogP contribution in [0.25, 0.3) is 0 Å². The van der Waals surface area contributed by atoms with Crippen molar-refractivity contribution in [1.29, 1.82) is 0 Å². The van der Waals surface area contributed by atoms with E-state index in [0.29, 0.717) is 17.1 Å². The Hall–Kier alpha value is -3.36. The minimum absolute atomic E-state index is 0.0672. The van der Waals surface area contributed by atoms with Crippen LogP contribution in [-0.2, 0) is 32.6 Å². The third-order valence-electron chi connectivity index (χ3n) is 6.73. The molecule has 0 aliphatic carbocycles. The van der Waals surface area contributed by atoms with Gasteiger partial charge in [-0.3, -0.25) is 13.9 Å². The van der Waals surface area contributed by atoms with Crippen LogP contribution in [-0.4, -0.2) is 50.0 Å². The zero-order valence-corrected chi connectivity index (χ0v) is 26.0. The van der Waals surface area contributed by atoms with E-state index < -0.39 is 16.1 Å². The number of benzene rings is 3. The fraction of sp³-hybridized carbons (Fsp3) is 0.375. The smallest absolute Gasteiger partial charge is 0.243 e. The molecule has 0 saturated heterocycles. The van der Waals surface area contributed by atoms with Gasteiger partial charge in [0.15, 0.2) is 0 Å². The standard InChI is InChI=1S/C32H40ClN3O4S/c1-23(2)34-32(38)30(21-26-11-7-6-8-12-26)35(22-27-13-9-14-28(33)20-27)31(37)15-10-18-36(41(5,39)40)29-19-24(3)16-17-25(29)4/h6-9,11-14,16-17,19-20,23,30H,10,15,18,21-22H2,1-5H3,(H,34,38)/t30-/m0/s1. The molecule has 3 aromatic rings. The van der Waals surface area contributed by atoms with Crippen molar-refractivity contribution >= 4 is 39.1 Å². The number of carbonyl (C=O) groups is 2. The highest BCUT2D eigenvalue weighted by Gasteiger charge is 2.31. The summed E-state index contributed by atoms with van der Waals surface area (Å²) < 4.78 is 26.9. The molecule has 0 aromatic heterocycles. The number of sulfonamides is 1. The molecule has 0 aliphatic heterocycles. The van der Waals surface area contributed by atoms with Gasteiger partial charge in [-0.15, -0.1) is 0 Å². The van der Waals surface area contributed by atoms with Crippen LogP contribution in [0, 0.1) is 13.8 Å². The second kappa shape index (κ2) is 14.5. The summed E-state index contributed by atoms with van der Waals surface area (Å²) in [5, 5.41) is 3.52. The molecule has 3 aromatic carbocycles. The number of nitrogens with one attached hydrogen (secondary N) is 1. The Morgan fingerprint density at radius 2 is 1.61 bits per heavy atom. The van der Waals surface area contributed by atoms with Crippen LogP contribution in [0.3, 0.4) is 0 Å². The summed E-state index contributed by atoms with van der Waals surface area (Å²) in [6, 6.07) is 21.6. The number of rotatable bonds is 13. The second-order valence-corrected chi connectivity index (χ2v) is 13.1. The lowest BCUT2D eigenvalue weighted by Gasteiger charge is -2.32. The lowest BCUT2D eigenvalue weighted by molar-refractivity contribution is -0.141. The molecule has 2 amide bonds. The molecule has 0 spiro atoms. The van der Waals surface area contributed by atoms with Gasteiger partial charge >= 0.3 is 0 Å². The average molecular weight is 598 g/mol. The van der Waals surface area contributed by atoms with Crippen molar-refractivity contribution in [2.45, 2.75) is 65.6 Å². The van der Waals surface area contributed by atoms with Crippen molar-refractivity contribution in [3.63, 3.8) is 0 Å². The SMILES string of the molecule is Cc1ccc(C)c(N(CCCC(=O)N(Cc2cccc(Cl)c2)[C@@H](Cc2ccccc2)C(=O)NC(C)C)S(C)(=O)=O)c1. The van der Waals surface area contributed by atoms with E-state index in [4.69, 9.17) is 11.6 Å². The molecule has 0 fully saturated rings. The molecule has 0 saturated carbocycles. The van der Waals surface area contributed by atoms with Crippen LogP contribution >= 0.6 is 11.6 Å². The number of amides is 2. The zero-order valence-electron chi connectivity index (χ0n) is 24.4. The molecule has 41 heavy (non-hydrogen) atoms. The van der Waals surface area contributed by atoms with Crippen LogP contribution in [0.15, 0.2) is 72.8 Å². The largest absolute Gasteiger partial charge is 0.352 e. The highest BCUT2D eigenvalue weighted by molar-refractivity contribution is 7.92. The van der Waals surface area contributed by atoms with Gasteiger partial charge in [-0.2, -0.15) is 0 Å². The van der Waals surface area contributed by atoms with Gasteiger partial charge in [0.1, 0.15) is 6.04 Å². The van der Waals surface area contributed by atoms with E-state index in [2.05, 4.69) is 5.32 Å². The van der Waals surface area contributed by atoms with Crippen LogP contribution < -0.4 is 9.62 Å². The quantitative estimate of drug-likeness (QED) is 0.275. The number of anilines is 1. The number of aryl methyl sites for hydroxylation is 2. The van der Waals surface area contributed by atoms with Gasteiger partial charge in [-0.25, -0.2) is 8.42 Å². The van der Waals surface area contributed by atoms with Crippen LogP contribution in [0.4, 0.5) is 5.69 Å². The van der Waals surface area contributed by atoms with Gasteiger partial charge < -0.3 is 10.2 Å². The van der Waals surface area contributed by atoms with Gasteiger partial charge in [0.2, 0.25) is 21.8 Å². The number of halogens is 1. The number of hydrogen-bond acceptors (Lipinski definition) is 4. The van der Waals surface area contributed by atoms with E-state index in [0.717, 1.165) is 22.3 Å². The lowest BCUT2D eigenvalue weighted by atomic mass is 10.0. The van der Waals surface area contributed by atoms with Crippen molar-refractivity contribution in [3.05, 3.63) is 100 Å². The maximum atomic E-state index is 13.9. The van der Waals surface area contributed by atoms with E-state index in [1.807, 2.05) is 88.4 Å². The van der Waals surface area contributed by atoms with Crippen LogP contribution in [0.2, 0.25) is 5.02 Å². The highest BCUT2D eigenvalue weighted by Crippen LogP contribution is 2.25. The first-order valence-electron chi connectivity index (χ1n) is 13.8. The zero-order chi connectivity index (χ0) is 30.2.